The molecular weight excluding hydrogens is 440 g/mol. The molecule has 0 saturated carbocycles. The molecule has 1 heterocycles. The van der Waals surface area contributed by atoms with E-state index in [0.29, 0.717) is 4.68 Å². The first-order valence-corrected chi connectivity index (χ1v) is 10.6. The number of sulfone groups is 1. The highest BCUT2D eigenvalue weighted by molar-refractivity contribution is 7.90. The van der Waals surface area contributed by atoms with Gasteiger partial charge in [0.2, 0.25) is 0 Å². The van der Waals surface area contributed by atoms with E-state index in [9.17, 15) is 30.8 Å². The van der Waals surface area contributed by atoms with Crippen molar-refractivity contribution in [1.82, 2.24) is 9.78 Å². The van der Waals surface area contributed by atoms with Gasteiger partial charge in [-0.25, -0.2) is 17.5 Å². The lowest BCUT2D eigenvalue weighted by atomic mass is 9.97. The average Bonchev–Trinajstić information content (AvgIpc) is 3.02. The van der Waals surface area contributed by atoms with Crippen molar-refractivity contribution in [3.63, 3.8) is 0 Å². The monoisotopic (exact) mass is 456 g/mol. The minimum Gasteiger partial charge on any atom is -0.480 e. The first-order chi connectivity index (χ1) is 14.3. The Balaban J connectivity index is 2.35. The molecule has 3 aromatic rings. The second kappa shape index (κ2) is 7.80. The number of carboxylic acid groups (broad SMARTS) is 1. The van der Waals surface area contributed by atoms with Crippen molar-refractivity contribution >= 4 is 15.8 Å². The summed E-state index contributed by atoms with van der Waals surface area (Å²) in [4.78, 5) is 11.1. The molecule has 1 N–H and O–H groups in total. The van der Waals surface area contributed by atoms with Crippen LogP contribution in [0.3, 0.4) is 0 Å². The van der Waals surface area contributed by atoms with Crippen LogP contribution in [-0.4, -0.2) is 35.5 Å². The Kier molecular flexibility index (Phi) is 5.66. The van der Waals surface area contributed by atoms with Gasteiger partial charge in [-0.3, -0.25) is 4.79 Å². The van der Waals surface area contributed by atoms with Gasteiger partial charge in [-0.05, 0) is 36.2 Å². The molecule has 6 nitrogen and oxygen atoms in total. The highest BCUT2D eigenvalue weighted by atomic mass is 32.2. The van der Waals surface area contributed by atoms with E-state index in [2.05, 4.69) is 5.10 Å². The summed E-state index contributed by atoms with van der Waals surface area (Å²) in [5, 5.41) is 12.9. The van der Waals surface area contributed by atoms with Gasteiger partial charge in [0.1, 0.15) is 18.1 Å². The average molecular weight is 456 g/mol. The number of carboxylic acids is 1. The predicted octanol–water partition coefficient (Wildman–Crippen LogP) is 4.17. The largest absolute Gasteiger partial charge is 0.480 e. The molecule has 0 aliphatic heterocycles. The normalized spacial score (nSPS) is 12.2. The van der Waals surface area contributed by atoms with E-state index in [-0.39, 0.29) is 27.3 Å². The fourth-order valence-electron chi connectivity index (χ4n) is 3.08. The standard InChI is InChI=1S/C20H16F4N2O4S/c1-11-3-4-13(9-15(11)21)17-18(12-5-7-14(8-6-12)31(2,29)30)25-26(10-16(27)28)19(17)20(22,23)24/h3-9H,10H2,1-2H3,(H,27,28). The van der Waals surface area contributed by atoms with Crippen molar-refractivity contribution in [2.75, 3.05) is 6.26 Å². The molecule has 3 rings (SSSR count). The van der Waals surface area contributed by atoms with Gasteiger partial charge in [0.15, 0.2) is 15.5 Å². The molecule has 0 bridgehead atoms. The summed E-state index contributed by atoms with van der Waals surface area (Å²) in [5.74, 6) is -2.29. The Morgan fingerprint density at radius 1 is 1.10 bits per heavy atom. The van der Waals surface area contributed by atoms with Gasteiger partial charge in [-0.2, -0.15) is 18.3 Å². The van der Waals surface area contributed by atoms with E-state index >= 15 is 0 Å². The Bertz CT molecular complexity index is 1260. The molecule has 0 aliphatic rings. The molecular formula is C20H16F4N2O4S. The molecule has 0 radical (unpaired) electrons. The smallest absolute Gasteiger partial charge is 0.433 e. The van der Waals surface area contributed by atoms with Crippen LogP contribution in [-0.2, 0) is 27.4 Å². The van der Waals surface area contributed by atoms with Gasteiger partial charge in [0, 0.05) is 17.4 Å². The number of rotatable bonds is 5. The molecule has 0 fully saturated rings. The maximum absolute atomic E-state index is 14.2. The summed E-state index contributed by atoms with van der Waals surface area (Å²) in [6.07, 6.45) is -4.02. The van der Waals surface area contributed by atoms with E-state index in [1.807, 2.05) is 0 Å². The van der Waals surface area contributed by atoms with Gasteiger partial charge < -0.3 is 5.11 Å². The number of aromatic nitrogens is 2. The number of hydrogen-bond donors (Lipinski definition) is 1. The number of benzene rings is 2. The third-order valence-corrected chi connectivity index (χ3v) is 5.65. The second-order valence-corrected chi connectivity index (χ2v) is 8.90. The van der Waals surface area contributed by atoms with Gasteiger partial charge >= 0.3 is 12.1 Å². The van der Waals surface area contributed by atoms with Crippen LogP contribution < -0.4 is 0 Å². The van der Waals surface area contributed by atoms with Gasteiger partial charge in [-0.15, -0.1) is 0 Å². The van der Waals surface area contributed by atoms with Crippen molar-refractivity contribution in [2.45, 2.75) is 24.5 Å². The first kappa shape index (κ1) is 22.5. The number of hydrogen-bond acceptors (Lipinski definition) is 4. The van der Waals surface area contributed by atoms with Crippen molar-refractivity contribution in [1.29, 1.82) is 0 Å². The second-order valence-electron chi connectivity index (χ2n) is 6.88. The molecule has 0 spiro atoms. The predicted molar refractivity (Wildman–Crippen MR) is 104 cm³/mol. The lowest BCUT2D eigenvalue weighted by molar-refractivity contribution is -0.146. The molecule has 31 heavy (non-hydrogen) atoms. The van der Waals surface area contributed by atoms with Crippen molar-refractivity contribution in [2.24, 2.45) is 0 Å². The zero-order valence-corrected chi connectivity index (χ0v) is 17.1. The molecule has 164 valence electrons. The van der Waals surface area contributed by atoms with E-state index in [0.717, 1.165) is 12.3 Å². The Labute approximate surface area is 174 Å². The Morgan fingerprint density at radius 2 is 1.68 bits per heavy atom. The molecule has 0 saturated heterocycles. The summed E-state index contributed by atoms with van der Waals surface area (Å²) in [5.41, 5.74) is -1.92. The summed E-state index contributed by atoms with van der Waals surface area (Å²) in [6, 6.07) is 8.43. The number of alkyl halides is 3. The van der Waals surface area contributed by atoms with Crippen LogP contribution >= 0.6 is 0 Å². The topological polar surface area (TPSA) is 89.3 Å². The SMILES string of the molecule is Cc1ccc(-c2c(-c3ccc(S(C)(=O)=O)cc3)nn(CC(=O)O)c2C(F)(F)F)cc1F. The van der Waals surface area contributed by atoms with E-state index in [1.165, 1.54) is 43.3 Å². The quantitative estimate of drug-likeness (QED) is 0.582. The van der Waals surface area contributed by atoms with Gasteiger partial charge in [-0.1, -0.05) is 24.3 Å². The number of halogens is 4. The molecule has 1 aromatic heterocycles. The van der Waals surface area contributed by atoms with Crippen LogP contribution in [0.15, 0.2) is 47.4 Å². The molecule has 0 aliphatic carbocycles. The molecule has 0 unspecified atom stereocenters. The Morgan fingerprint density at radius 3 is 2.16 bits per heavy atom. The van der Waals surface area contributed by atoms with Crippen LogP contribution in [0.2, 0.25) is 0 Å². The van der Waals surface area contributed by atoms with Gasteiger partial charge in [0.05, 0.1) is 4.90 Å². The number of nitrogens with zero attached hydrogens (tertiary/aromatic N) is 2. The number of aliphatic carboxylic acids is 1. The summed E-state index contributed by atoms with van der Waals surface area (Å²) < 4.78 is 79.7. The van der Waals surface area contributed by atoms with Crippen LogP contribution in [0.4, 0.5) is 17.6 Å². The minimum atomic E-state index is -5.00. The lowest BCUT2D eigenvalue weighted by Gasteiger charge is -2.12. The van der Waals surface area contributed by atoms with Crippen LogP contribution in [0.25, 0.3) is 22.4 Å². The molecule has 0 amide bonds. The summed E-state index contributed by atoms with van der Waals surface area (Å²) in [6.45, 7) is 0.375. The summed E-state index contributed by atoms with van der Waals surface area (Å²) in [7, 11) is -3.55. The van der Waals surface area contributed by atoms with E-state index in [4.69, 9.17) is 5.11 Å². The fraction of sp³-hybridized carbons (Fsp3) is 0.200. The van der Waals surface area contributed by atoms with Crippen molar-refractivity contribution in [3.05, 3.63) is 59.5 Å². The fourth-order valence-corrected chi connectivity index (χ4v) is 3.71. The van der Waals surface area contributed by atoms with Crippen LogP contribution in [0.5, 0.6) is 0 Å². The zero-order valence-electron chi connectivity index (χ0n) is 16.2. The molecule has 0 atom stereocenters. The minimum absolute atomic E-state index is 0.0554. The Hall–Kier alpha value is -3.21. The van der Waals surface area contributed by atoms with Crippen molar-refractivity contribution < 1.29 is 35.9 Å². The van der Waals surface area contributed by atoms with Gasteiger partial charge in [0.25, 0.3) is 0 Å². The maximum atomic E-state index is 14.2. The number of aryl methyl sites for hydroxylation is 1. The lowest BCUT2D eigenvalue weighted by Crippen LogP contribution is -2.19. The van der Waals surface area contributed by atoms with Crippen LogP contribution in [0, 0.1) is 12.7 Å². The third-order valence-electron chi connectivity index (χ3n) is 4.52. The highest BCUT2D eigenvalue weighted by Gasteiger charge is 2.41. The maximum Gasteiger partial charge on any atom is 0.433 e. The first-order valence-electron chi connectivity index (χ1n) is 8.76. The van der Waals surface area contributed by atoms with E-state index < -0.39 is 45.6 Å². The van der Waals surface area contributed by atoms with Crippen molar-refractivity contribution in [3.8, 4) is 22.4 Å². The highest BCUT2D eigenvalue weighted by Crippen LogP contribution is 2.43. The molecule has 11 heteroatoms. The summed E-state index contributed by atoms with van der Waals surface area (Å²) >= 11 is 0. The van der Waals surface area contributed by atoms with Crippen LogP contribution in [0.1, 0.15) is 11.3 Å². The zero-order chi connectivity index (χ0) is 23.1. The van der Waals surface area contributed by atoms with E-state index in [1.54, 1.807) is 0 Å². The molecule has 2 aromatic carbocycles. The number of carbonyl (C=O) groups is 1. The third kappa shape index (κ3) is 4.61.